The molecule has 0 saturated carbocycles. The van der Waals surface area contributed by atoms with Gasteiger partial charge in [-0.05, 0) is 80.5 Å². The number of anilines is 1. The van der Waals surface area contributed by atoms with Crippen LogP contribution in [0.15, 0.2) is 65.8 Å². The van der Waals surface area contributed by atoms with Crippen molar-refractivity contribution < 1.29 is 14.3 Å². The number of Topliss-reactive ketones (excluding diaryl/α,β-unsaturated/α-hetero) is 1. The summed E-state index contributed by atoms with van der Waals surface area (Å²) in [5, 5.41) is 0. The number of allylic oxidation sites excluding steroid dienone is 3. The Hall–Kier alpha value is -3.81. The molecular weight excluding hydrogens is 524 g/mol. The predicted molar refractivity (Wildman–Crippen MR) is 166 cm³/mol. The van der Waals surface area contributed by atoms with Crippen LogP contribution in [0.25, 0.3) is 11.3 Å². The fourth-order valence-electron chi connectivity index (χ4n) is 6.01. The second-order valence-electron chi connectivity index (χ2n) is 11.6. The van der Waals surface area contributed by atoms with E-state index < -0.39 is 0 Å². The van der Waals surface area contributed by atoms with Crippen molar-refractivity contribution in [3.8, 4) is 17.0 Å². The van der Waals surface area contributed by atoms with Crippen molar-refractivity contribution in [2.75, 3.05) is 50.8 Å². The van der Waals surface area contributed by atoms with Crippen LogP contribution in [0.2, 0.25) is 0 Å². The Kier molecular flexibility index (Phi) is 8.49. The summed E-state index contributed by atoms with van der Waals surface area (Å²) >= 11 is 0. The standard InChI is InChI=1S/C35H40N4O3/c1-24-4-6-27(7-5-24)23-42-31-11-13-32-30(21-31)10-12-33-34(32)36-26(3)37-35(33)39-16-14-38(15-17-39)18-19-41-22-28-8-9-29(20-28)25(2)40/h4-9,11,13,21H,10,12,14-20,22-23H2,1-3H3. The molecule has 0 atom stereocenters. The van der Waals surface area contributed by atoms with Crippen LogP contribution in [0.3, 0.4) is 0 Å². The second-order valence-corrected chi connectivity index (χ2v) is 11.6. The Morgan fingerprint density at radius 1 is 0.929 bits per heavy atom. The number of aromatic nitrogens is 2. The number of ketones is 1. The highest BCUT2D eigenvalue weighted by Gasteiger charge is 2.27. The molecule has 7 nitrogen and oxygen atoms in total. The molecule has 2 aromatic carbocycles. The highest BCUT2D eigenvalue weighted by molar-refractivity contribution is 5.94. The van der Waals surface area contributed by atoms with Gasteiger partial charge in [0, 0.05) is 43.9 Å². The quantitative estimate of drug-likeness (QED) is 0.305. The molecule has 218 valence electrons. The van der Waals surface area contributed by atoms with E-state index in [2.05, 4.69) is 59.2 Å². The molecule has 0 amide bonds. The number of ether oxygens (including phenoxy) is 2. The third kappa shape index (κ3) is 6.48. The average molecular weight is 565 g/mol. The van der Waals surface area contributed by atoms with Crippen LogP contribution in [0.1, 0.15) is 41.4 Å². The Labute approximate surface area is 248 Å². The van der Waals surface area contributed by atoms with Crippen LogP contribution in [0.5, 0.6) is 5.75 Å². The molecule has 3 aromatic rings. The first-order chi connectivity index (χ1) is 20.4. The molecule has 3 aliphatic rings. The monoisotopic (exact) mass is 564 g/mol. The third-order valence-corrected chi connectivity index (χ3v) is 8.50. The Morgan fingerprint density at radius 2 is 1.74 bits per heavy atom. The summed E-state index contributed by atoms with van der Waals surface area (Å²) in [4.78, 5) is 26.3. The minimum Gasteiger partial charge on any atom is -0.489 e. The van der Waals surface area contributed by atoms with Gasteiger partial charge in [-0.3, -0.25) is 9.69 Å². The van der Waals surface area contributed by atoms with Crippen molar-refractivity contribution in [3.63, 3.8) is 0 Å². The molecule has 1 saturated heterocycles. The Morgan fingerprint density at radius 3 is 2.50 bits per heavy atom. The van der Waals surface area contributed by atoms with E-state index >= 15 is 0 Å². The summed E-state index contributed by atoms with van der Waals surface area (Å²) in [6, 6.07) is 14.9. The van der Waals surface area contributed by atoms with Crippen LogP contribution in [0.4, 0.5) is 5.82 Å². The van der Waals surface area contributed by atoms with E-state index in [1.807, 2.05) is 19.1 Å². The van der Waals surface area contributed by atoms with Gasteiger partial charge >= 0.3 is 0 Å². The minimum atomic E-state index is 0.150. The number of hydrogen-bond donors (Lipinski definition) is 0. The number of aryl methyl sites for hydroxylation is 3. The zero-order valence-corrected chi connectivity index (χ0v) is 25.0. The SMILES string of the molecule is CC(=O)C1=CC=C(COCCN2CCN(c3nc(C)nc4c3CCc3cc(OCc5ccc(C)cc5)ccc3-4)CC2)C1. The van der Waals surface area contributed by atoms with Gasteiger partial charge in [-0.25, -0.2) is 9.97 Å². The number of fused-ring (bicyclic) bond motifs is 3. The average Bonchev–Trinajstić information content (AvgIpc) is 3.48. The molecule has 0 N–H and O–H groups in total. The molecule has 0 bridgehead atoms. The molecule has 2 aliphatic carbocycles. The van der Waals surface area contributed by atoms with Gasteiger partial charge < -0.3 is 14.4 Å². The largest absolute Gasteiger partial charge is 0.489 e. The highest BCUT2D eigenvalue weighted by atomic mass is 16.5. The molecule has 1 aromatic heterocycles. The summed E-state index contributed by atoms with van der Waals surface area (Å²) in [5.74, 6) is 2.97. The van der Waals surface area contributed by atoms with Crippen LogP contribution in [-0.2, 0) is 29.0 Å². The van der Waals surface area contributed by atoms with E-state index in [1.165, 1.54) is 33.4 Å². The maximum atomic E-state index is 11.5. The molecule has 1 aliphatic heterocycles. The predicted octanol–water partition coefficient (Wildman–Crippen LogP) is 5.42. The molecule has 0 radical (unpaired) electrons. The Bertz CT molecular complexity index is 1520. The van der Waals surface area contributed by atoms with Gasteiger partial charge in [0.2, 0.25) is 0 Å². The molecule has 7 heteroatoms. The van der Waals surface area contributed by atoms with Crippen molar-refractivity contribution in [3.05, 3.63) is 93.8 Å². The van der Waals surface area contributed by atoms with Crippen LogP contribution in [-0.4, -0.2) is 66.6 Å². The Balaban J connectivity index is 1.04. The maximum absolute atomic E-state index is 11.5. The van der Waals surface area contributed by atoms with Crippen molar-refractivity contribution in [1.29, 1.82) is 0 Å². The summed E-state index contributed by atoms with van der Waals surface area (Å²) < 4.78 is 12.1. The molecule has 42 heavy (non-hydrogen) atoms. The first-order valence-corrected chi connectivity index (χ1v) is 15.1. The lowest BCUT2D eigenvalue weighted by molar-refractivity contribution is -0.113. The lowest BCUT2D eigenvalue weighted by atomic mass is 9.88. The number of nitrogens with zero attached hydrogens (tertiary/aromatic N) is 4. The summed E-state index contributed by atoms with van der Waals surface area (Å²) in [7, 11) is 0. The lowest BCUT2D eigenvalue weighted by Gasteiger charge is -2.37. The summed E-state index contributed by atoms with van der Waals surface area (Å²) in [6.07, 6.45) is 6.57. The van der Waals surface area contributed by atoms with Crippen molar-refractivity contribution >= 4 is 11.6 Å². The van der Waals surface area contributed by atoms with Crippen molar-refractivity contribution in [1.82, 2.24) is 14.9 Å². The van der Waals surface area contributed by atoms with E-state index in [0.29, 0.717) is 19.8 Å². The topological polar surface area (TPSA) is 67.8 Å². The number of carbonyl (C=O) groups excluding carboxylic acids is 1. The zero-order chi connectivity index (χ0) is 29.1. The minimum absolute atomic E-state index is 0.150. The van der Waals surface area contributed by atoms with Crippen LogP contribution >= 0.6 is 0 Å². The second kappa shape index (κ2) is 12.6. The first-order valence-electron chi connectivity index (χ1n) is 15.1. The number of hydrogen-bond acceptors (Lipinski definition) is 7. The fraction of sp³-hybridized carbons (Fsp3) is 0.400. The van der Waals surface area contributed by atoms with E-state index in [0.717, 1.165) is 80.6 Å². The van der Waals surface area contributed by atoms with E-state index in [9.17, 15) is 4.79 Å². The lowest BCUT2D eigenvalue weighted by Crippen LogP contribution is -2.48. The molecule has 1 fully saturated rings. The normalized spacial score (nSPS) is 16.5. The third-order valence-electron chi connectivity index (χ3n) is 8.50. The molecule has 6 rings (SSSR count). The smallest absolute Gasteiger partial charge is 0.156 e. The van der Waals surface area contributed by atoms with Gasteiger partial charge in [0.25, 0.3) is 0 Å². The molecule has 0 spiro atoms. The maximum Gasteiger partial charge on any atom is 0.156 e. The molecule has 0 unspecified atom stereocenters. The van der Waals surface area contributed by atoms with Crippen LogP contribution < -0.4 is 9.64 Å². The van der Waals surface area contributed by atoms with E-state index in [-0.39, 0.29) is 5.78 Å². The fourth-order valence-corrected chi connectivity index (χ4v) is 6.01. The highest BCUT2D eigenvalue weighted by Crippen LogP contribution is 2.38. The molecular formula is C35H40N4O3. The van der Waals surface area contributed by atoms with Gasteiger partial charge in [-0.15, -0.1) is 0 Å². The van der Waals surface area contributed by atoms with E-state index in [1.54, 1.807) is 6.92 Å². The number of piperazine rings is 1. The summed E-state index contributed by atoms with van der Waals surface area (Å²) in [5.41, 5.74) is 9.32. The van der Waals surface area contributed by atoms with Gasteiger partial charge in [0.1, 0.15) is 24.0 Å². The van der Waals surface area contributed by atoms with Gasteiger partial charge in [-0.1, -0.05) is 42.0 Å². The number of rotatable bonds is 10. The van der Waals surface area contributed by atoms with Gasteiger partial charge in [0.15, 0.2) is 5.78 Å². The van der Waals surface area contributed by atoms with Crippen LogP contribution in [0, 0.1) is 13.8 Å². The van der Waals surface area contributed by atoms with Crippen molar-refractivity contribution in [2.24, 2.45) is 0 Å². The van der Waals surface area contributed by atoms with Crippen molar-refractivity contribution in [2.45, 2.75) is 46.6 Å². The van der Waals surface area contributed by atoms with E-state index in [4.69, 9.17) is 19.4 Å². The molecule has 2 heterocycles. The van der Waals surface area contributed by atoms with Gasteiger partial charge in [0.05, 0.1) is 18.9 Å². The van der Waals surface area contributed by atoms with Gasteiger partial charge in [-0.2, -0.15) is 0 Å². The number of benzene rings is 2. The first kappa shape index (κ1) is 28.3. The summed E-state index contributed by atoms with van der Waals surface area (Å²) in [6.45, 7) is 12.4. The zero-order valence-electron chi connectivity index (χ0n) is 25.0. The number of carbonyl (C=O) groups is 1.